The van der Waals surface area contributed by atoms with Crippen LogP contribution in [-0.4, -0.2) is 14.5 Å². The molecule has 0 fully saturated rings. The van der Waals surface area contributed by atoms with Crippen LogP contribution in [0.15, 0.2) is 192 Å². The molecule has 0 spiro atoms. The maximum absolute atomic E-state index is 6.08. The molecule has 0 unspecified atom stereocenters. The van der Waals surface area contributed by atoms with Gasteiger partial charge in [-0.2, -0.15) is 0 Å². The number of furan rings is 1. The lowest BCUT2D eigenvalue weighted by molar-refractivity contribution is 0.669. The van der Waals surface area contributed by atoms with Crippen molar-refractivity contribution >= 4 is 54.5 Å². The molecule has 252 valence electrons. The van der Waals surface area contributed by atoms with Gasteiger partial charge in [0, 0.05) is 43.9 Å². The van der Waals surface area contributed by atoms with Crippen LogP contribution >= 0.6 is 0 Å². The molecule has 11 aromatic rings. The molecule has 0 aliphatic rings. The van der Waals surface area contributed by atoms with Crippen molar-refractivity contribution in [3.63, 3.8) is 0 Å². The molecule has 0 atom stereocenters. The van der Waals surface area contributed by atoms with E-state index in [-0.39, 0.29) is 0 Å². The summed E-state index contributed by atoms with van der Waals surface area (Å²) in [5.41, 5.74) is 12.5. The Morgan fingerprint density at radius 1 is 0.352 bits per heavy atom. The molecule has 3 aromatic heterocycles. The molecule has 0 saturated carbocycles. The normalized spacial score (nSPS) is 11.7. The van der Waals surface area contributed by atoms with Crippen LogP contribution in [0, 0.1) is 0 Å². The van der Waals surface area contributed by atoms with E-state index in [0.717, 1.165) is 66.7 Å². The van der Waals surface area contributed by atoms with Gasteiger partial charge < -0.3 is 8.98 Å². The van der Waals surface area contributed by atoms with Gasteiger partial charge in [0.05, 0.1) is 22.4 Å². The molecule has 0 radical (unpaired) electrons. The summed E-state index contributed by atoms with van der Waals surface area (Å²) in [6, 6.07) is 66.2. The van der Waals surface area contributed by atoms with Gasteiger partial charge >= 0.3 is 0 Å². The van der Waals surface area contributed by atoms with Crippen LogP contribution in [0.1, 0.15) is 0 Å². The maximum Gasteiger partial charge on any atom is 0.160 e. The molecule has 0 aliphatic heterocycles. The van der Waals surface area contributed by atoms with E-state index in [2.05, 4.69) is 174 Å². The zero-order valence-electron chi connectivity index (χ0n) is 29.1. The lowest BCUT2D eigenvalue weighted by atomic mass is 9.97. The number of nitrogens with zero attached hydrogens (tertiary/aromatic N) is 3. The number of hydrogen-bond acceptors (Lipinski definition) is 3. The number of para-hydroxylation sites is 3. The average molecular weight is 690 g/mol. The van der Waals surface area contributed by atoms with Crippen LogP contribution < -0.4 is 0 Å². The summed E-state index contributed by atoms with van der Waals surface area (Å²) >= 11 is 0. The fourth-order valence-electron chi connectivity index (χ4n) is 7.93. The SMILES string of the molecule is c1ccc(-c2cc(-c3ccc4cc(-c5ccc6oc7ccccc7c6c5)ccc4c3)nc(-c3ccc(-n4c5ccccc5c5ccccc54)cc3)n2)cc1. The molecule has 0 amide bonds. The van der Waals surface area contributed by atoms with Crippen molar-refractivity contribution in [1.82, 2.24) is 14.5 Å². The smallest absolute Gasteiger partial charge is 0.160 e. The van der Waals surface area contributed by atoms with E-state index in [1.165, 1.54) is 32.8 Å². The first-order valence-corrected chi connectivity index (χ1v) is 18.2. The highest BCUT2D eigenvalue weighted by Crippen LogP contribution is 2.36. The fraction of sp³-hybridized carbons (Fsp3) is 0. The first kappa shape index (κ1) is 30.3. The molecule has 0 aliphatic carbocycles. The highest BCUT2D eigenvalue weighted by molar-refractivity contribution is 6.09. The van der Waals surface area contributed by atoms with Crippen molar-refractivity contribution in [2.75, 3.05) is 0 Å². The quantitative estimate of drug-likeness (QED) is 0.181. The van der Waals surface area contributed by atoms with Gasteiger partial charge in [-0.25, -0.2) is 9.97 Å². The molecule has 4 heteroatoms. The lowest BCUT2D eigenvalue weighted by Gasteiger charge is -2.12. The predicted molar refractivity (Wildman–Crippen MR) is 223 cm³/mol. The Kier molecular flexibility index (Phi) is 6.82. The van der Waals surface area contributed by atoms with E-state index in [1.54, 1.807) is 0 Å². The van der Waals surface area contributed by atoms with Crippen molar-refractivity contribution in [2.45, 2.75) is 0 Å². The summed E-state index contributed by atoms with van der Waals surface area (Å²) in [7, 11) is 0. The third-order valence-electron chi connectivity index (χ3n) is 10.6. The fourth-order valence-corrected chi connectivity index (χ4v) is 7.93. The summed E-state index contributed by atoms with van der Waals surface area (Å²) < 4.78 is 8.41. The number of rotatable bonds is 5. The second-order valence-corrected chi connectivity index (χ2v) is 13.8. The molecule has 0 saturated heterocycles. The maximum atomic E-state index is 6.08. The molecule has 0 N–H and O–H groups in total. The summed E-state index contributed by atoms with van der Waals surface area (Å²) in [5, 5.41) is 7.09. The Bertz CT molecular complexity index is 3160. The Hall–Kier alpha value is -7.30. The van der Waals surface area contributed by atoms with Crippen LogP contribution in [0.5, 0.6) is 0 Å². The molecule has 3 heterocycles. The van der Waals surface area contributed by atoms with Crippen molar-refractivity contribution in [3.05, 3.63) is 188 Å². The summed E-state index contributed by atoms with van der Waals surface area (Å²) in [5.74, 6) is 0.692. The van der Waals surface area contributed by atoms with Crippen molar-refractivity contribution in [3.8, 4) is 50.7 Å². The summed E-state index contributed by atoms with van der Waals surface area (Å²) in [4.78, 5) is 10.3. The first-order valence-electron chi connectivity index (χ1n) is 18.2. The van der Waals surface area contributed by atoms with Gasteiger partial charge in [0.2, 0.25) is 0 Å². The second kappa shape index (κ2) is 12.1. The van der Waals surface area contributed by atoms with Crippen LogP contribution in [-0.2, 0) is 0 Å². The second-order valence-electron chi connectivity index (χ2n) is 13.8. The summed E-state index contributed by atoms with van der Waals surface area (Å²) in [6.45, 7) is 0. The van der Waals surface area contributed by atoms with Gasteiger partial charge in [0.1, 0.15) is 11.2 Å². The van der Waals surface area contributed by atoms with Crippen molar-refractivity contribution < 1.29 is 4.42 Å². The third kappa shape index (κ3) is 5.00. The largest absolute Gasteiger partial charge is 0.456 e. The highest BCUT2D eigenvalue weighted by atomic mass is 16.3. The van der Waals surface area contributed by atoms with E-state index in [1.807, 2.05) is 18.2 Å². The van der Waals surface area contributed by atoms with E-state index in [0.29, 0.717) is 5.82 Å². The molecule has 0 bridgehead atoms. The number of aromatic nitrogens is 3. The Balaban J connectivity index is 0.982. The van der Waals surface area contributed by atoms with Gasteiger partial charge in [0.15, 0.2) is 5.82 Å². The molecule has 54 heavy (non-hydrogen) atoms. The first-order chi connectivity index (χ1) is 26.7. The minimum Gasteiger partial charge on any atom is -0.456 e. The summed E-state index contributed by atoms with van der Waals surface area (Å²) in [6.07, 6.45) is 0. The number of hydrogen-bond donors (Lipinski definition) is 0. The molecule has 8 aromatic carbocycles. The predicted octanol–water partition coefficient (Wildman–Crippen LogP) is 13.3. The van der Waals surface area contributed by atoms with E-state index in [9.17, 15) is 0 Å². The van der Waals surface area contributed by atoms with E-state index in [4.69, 9.17) is 14.4 Å². The third-order valence-corrected chi connectivity index (χ3v) is 10.6. The minimum absolute atomic E-state index is 0.692. The zero-order chi connectivity index (χ0) is 35.6. The minimum atomic E-state index is 0.692. The van der Waals surface area contributed by atoms with Gasteiger partial charge in [-0.1, -0.05) is 115 Å². The molecule has 4 nitrogen and oxygen atoms in total. The van der Waals surface area contributed by atoms with Crippen molar-refractivity contribution in [2.24, 2.45) is 0 Å². The van der Waals surface area contributed by atoms with E-state index >= 15 is 0 Å². The average Bonchev–Trinajstić information content (AvgIpc) is 3.79. The standard InChI is InChI=1S/C50H31N3O/c1-2-10-32(11-3-1)44-31-45(52-50(51-44)33-22-25-39(26-23-33)53-46-15-7-4-12-40(46)41-13-5-8-16-47(41)53)38-21-20-34-28-35(18-19-36(34)29-38)37-24-27-49-43(30-37)42-14-6-9-17-48(42)54-49/h1-31H. The Labute approximate surface area is 311 Å². The lowest BCUT2D eigenvalue weighted by Crippen LogP contribution is -1.97. The van der Waals surface area contributed by atoms with Gasteiger partial charge in [0.25, 0.3) is 0 Å². The zero-order valence-corrected chi connectivity index (χ0v) is 29.1. The Morgan fingerprint density at radius 3 is 1.63 bits per heavy atom. The molecular formula is C50H31N3O. The van der Waals surface area contributed by atoms with Gasteiger partial charge in [-0.05, 0) is 94.7 Å². The van der Waals surface area contributed by atoms with Gasteiger partial charge in [-0.3, -0.25) is 0 Å². The van der Waals surface area contributed by atoms with Crippen LogP contribution in [0.4, 0.5) is 0 Å². The topological polar surface area (TPSA) is 43.9 Å². The van der Waals surface area contributed by atoms with Crippen molar-refractivity contribution in [1.29, 1.82) is 0 Å². The van der Waals surface area contributed by atoms with Crippen LogP contribution in [0.25, 0.3) is 105 Å². The monoisotopic (exact) mass is 689 g/mol. The number of benzene rings is 8. The number of fused-ring (bicyclic) bond motifs is 7. The van der Waals surface area contributed by atoms with Crippen LogP contribution in [0.3, 0.4) is 0 Å². The van der Waals surface area contributed by atoms with Gasteiger partial charge in [-0.15, -0.1) is 0 Å². The molecular weight excluding hydrogens is 659 g/mol. The molecule has 11 rings (SSSR count). The highest BCUT2D eigenvalue weighted by Gasteiger charge is 2.15. The van der Waals surface area contributed by atoms with E-state index < -0.39 is 0 Å². The van der Waals surface area contributed by atoms with Crippen LogP contribution in [0.2, 0.25) is 0 Å². The Morgan fingerprint density at radius 2 is 0.889 bits per heavy atom.